The minimum atomic E-state index is 0.829. The Bertz CT molecular complexity index is 43.7. The topological polar surface area (TPSA) is 0 Å². The van der Waals surface area contributed by atoms with Crippen molar-refractivity contribution in [3.63, 3.8) is 0 Å². The van der Waals surface area contributed by atoms with Gasteiger partial charge in [-0.15, -0.1) is 0 Å². The van der Waals surface area contributed by atoms with E-state index >= 15 is 0 Å². The van der Waals surface area contributed by atoms with Crippen molar-refractivity contribution in [1.82, 2.24) is 0 Å². The first-order chi connectivity index (χ1) is 3.81. The van der Waals surface area contributed by atoms with E-state index in [-0.39, 0.29) is 0 Å². The monoisotopic (exact) mass is 111 g/mol. The van der Waals surface area contributed by atoms with Crippen LogP contribution < -0.4 is 0 Å². The maximum Gasteiger partial charge on any atom is 0.109 e. The fraction of sp³-hybridized carbons (Fsp3) is 1.00. The average Bonchev–Trinajstić information content (AvgIpc) is 1.83. The molecule has 0 saturated carbocycles. The third-order valence-corrected chi connectivity index (χ3v) is 1.58. The van der Waals surface area contributed by atoms with Crippen molar-refractivity contribution in [3.8, 4) is 0 Å². The molecule has 47 valence electrons. The maximum atomic E-state index is 2.27. The Labute approximate surface area is 53.9 Å². The lowest BCUT2D eigenvalue weighted by Crippen LogP contribution is -1.92. The van der Waals surface area contributed by atoms with Crippen molar-refractivity contribution < 1.29 is 0 Å². The van der Waals surface area contributed by atoms with Gasteiger partial charge in [0.1, 0.15) is 7.28 Å². The highest BCUT2D eigenvalue weighted by Crippen LogP contribution is 2.10. The van der Waals surface area contributed by atoms with E-state index in [1.165, 1.54) is 19.3 Å². The standard InChI is InChI=1S/C7H16B/c1-4-5-6-7(2)8-3/h7H,4-6H2,1-3H3. The SMILES string of the molecule is C[B]C(C)CCCC. The smallest absolute Gasteiger partial charge is 0.0917 e. The van der Waals surface area contributed by atoms with Gasteiger partial charge in [0.2, 0.25) is 0 Å². The summed E-state index contributed by atoms with van der Waals surface area (Å²) >= 11 is 0. The van der Waals surface area contributed by atoms with Gasteiger partial charge in [0.15, 0.2) is 0 Å². The first-order valence-electron chi connectivity index (χ1n) is 3.60. The third kappa shape index (κ3) is 4.23. The zero-order valence-corrected chi connectivity index (χ0v) is 6.28. The molecule has 0 saturated heterocycles. The number of hydrogen-bond acceptors (Lipinski definition) is 0. The molecular weight excluding hydrogens is 94.9 g/mol. The second-order valence-electron chi connectivity index (χ2n) is 2.45. The van der Waals surface area contributed by atoms with Crippen molar-refractivity contribution in [2.24, 2.45) is 0 Å². The Morgan fingerprint density at radius 3 is 2.50 bits per heavy atom. The summed E-state index contributed by atoms with van der Waals surface area (Å²) in [5.41, 5.74) is 0. The van der Waals surface area contributed by atoms with Gasteiger partial charge in [0.25, 0.3) is 0 Å². The molecule has 1 atom stereocenters. The number of unbranched alkanes of at least 4 members (excludes halogenated alkanes) is 1. The fourth-order valence-electron chi connectivity index (χ4n) is 0.693. The van der Waals surface area contributed by atoms with Crippen LogP contribution in [0.4, 0.5) is 0 Å². The largest absolute Gasteiger partial charge is 0.109 e. The van der Waals surface area contributed by atoms with Gasteiger partial charge in [0, 0.05) is 0 Å². The van der Waals surface area contributed by atoms with Crippen LogP contribution in [0.2, 0.25) is 12.6 Å². The molecule has 1 unspecified atom stereocenters. The summed E-state index contributed by atoms with van der Waals surface area (Å²) in [5.74, 6) is 0.829. The van der Waals surface area contributed by atoms with Gasteiger partial charge in [-0.25, -0.2) is 0 Å². The Hall–Kier alpha value is 0.0649. The van der Waals surface area contributed by atoms with Crippen LogP contribution in [0.1, 0.15) is 33.1 Å². The molecule has 0 nitrogen and oxygen atoms in total. The third-order valence-electron chi connectivity index (χ3n) is 1.58. The maximum absolute atomic E-state index is 2.27. The molecule has 0 heterocycles. The minimum absolute atomic E-state index is 0.829. The molecule has 0 aromatic heterocycles. The summed E-state index contributed by atoms with van der Waals surface area (Å²) in [5, 5.41) is 0. The molecule has 0 aliphatic rings. The molecule has 8 heavy (non-hydrogen) atoms. The van der Waals surface area contributed by atoms with Gasteiger partial charge in [-0.05, 0) is 0 Å². The Morgan fingerprint density at radius 1 is 1.50 bits per heavy atom. The van der Waals surface area contributed by atoms with E-state index in [0.29, 0.717) is 0 Å². The molecular formula is C7H16B. The Kier molecular flexibility index (Phi) is 5.25. The van der Waals surface area contributed by atoms with Gasteiger partial charge in [0.05, 0.1) is 0 Å². The number of rotatable bonds is 4. The van der Waals surface area contributed by atoms with Crippen LogP contribution in [0.25, 0.3) is 0 Å². The van der Waals surface area contributed by atoms with Crippen LogP contribution in [0.5, 0.6) is 0 Å². The summed E-state index contributed by atoms with van der Waals surface area (Å²) in [6, 6.07) is 0. The Morgan fingerprint density at radius 2 is 2.12 bits per heavy atom. The van der Waals surface area contributed by atoms with E-state index in [0.717, 1.165) is 5.82 Å². The van der Waals surface area contributed by atoms with Crippen LogP contribution in [0, 0.1) is 0 Å². The lowest BCUT2D eigenvalue weighted by atomic mass is 9.66. The van der Waals surface area contributed by atoms with E-state index in [1.54, 1.807) is 0 Å². The molecule has 0 aromatic rings. The summed E-state index contributed by atoms with van der Waals surface area (Å²) in [7, 11) is 2.27. The fourth-order valence-corrected chi connectivity index (χ4v) is 0.693. The summed E-state index contributed by atoms with van der Waals surface area (Å²) in [6.07, 6.45) is 4.08. The molecule has 1 radical (unpaired) electrons. The van der Waals surface area contributed by atoms with E-state index in [9.17, 15) is 0 Å². The minimum Gasteiger partial charge on any atom is -0.0917 e. The van der Waals surface area contributed by atoms with E-state index in [2.05, 4.69) is 28.0 Å². The molecule has 0 rings (SSSR count). The molecule has 0 aromatic carbocycles. The normalized spacial score (nSPS) is 13.4. The molecule has 0 aliphatic heterocycles. The van der Waals surface area contributed by atoms with Crippen molar-refractivity contribution in [2.75, 3.05) is 0 Å². The highest BCUT2D eigenvalue weighted by Gasteiger charge is 1.96. The predicted octanol–water partition coefficient (Wildman–Crippen LogP) is 2.74. The van der Waals surface area contributed by atoms with Crippen molar-refractivity contribution in [3.05, 3.63) is 0 Å². The van der Waals surface area contributed by atoms with Gasteiger partial charge >= 0.3 is 0 Å². The van der Waals surface area contributed by atoms with E-state index < -0.39 is 0 Å². The molecule has 1 heteroatoms. The lowest BCUT2D eigenvalue weighted by Gasteiger charge is -2.03. The molecule has 0 bridgehead atoms. The van der Waals surface area contributed by atoms with Gasteiger partial charge in [-0.2, -0.15) is 0 Å². The second kappa shape index (κ2) is 5.21. The van der Waals surface area contributed by atoms with Crippen molar-refractivity contribution >= 4 is 7.28 Å². The number of hydrogen-bond donors (Lipinski definition) is 0. The predicted molar refractivity (Wildman–Crippen MR) is 40.6 cm³/mol. The molecule has 0 fully saturated rings. The summed E-state index contributed by atoms with van der Waals surface area (Å²) < 4.78 is 0. The van der Waals surface area contributed by atoms with Crippen LogP contribution in [0.3, 0.4) is 0 Å². The highest BCUT2D eigenvalue weighted by molar-refractivity contribution is 6.35. The average molecular weight is 111 g/mol. The lowest BCUT2D eigenvalue weighted by molar-refractivity contribution is 0.697. The first-order valence-corrected chi connectivity index (χ1v) is 3.60. The van der Waals surface area contributed by atoms with Gasteiger partial charge in [-0.3, -0.25) is 0 Å². The highest BCUT2D eigenvalue weighted by atomic mass is 13.9. The molecule has 0 aliphatic carbocycles. The zero-order valence-electron chi connectivity index (χ0n) is 6.28. The summed E-state index contributed by atoms with van der Waals surface area (Å²) in [6.45, 7) is 6.65. The zero-order chi connectivity index (χ0) is 6.41. The molecule has 0 amide bonds. The van der Waals surface area contributed by atoms with Gasteiger partial charge < -0.3 is 0 Å². The molecule has 0 spiro atoms. The van der Waals surface area contributed by atoms with Crippen LogP contribution >= 0.6 is 0 Å². The van der Waals surface area contributed by atoms with Crippen LogP contribution in [-0.4, -0.2) is 7.28 Å². The van der Waals surface area contributed by atoms with E-state index in [1.807, 2.05) is 0 Å². The van der Waals surface area contributed by atoms with Crippen molar-refractivity contribution in [1.29, 1.82) is 0 Å². The molecule has 0 N–H and O–H groups in total. The first kappa shape index (κ1) is 8.06. The van der Waals surface area contributed by atoms with Crippen LogP contribution in [-0.2, 0) is 0 Å². The van der Waals surface area contributed by atoms with Crippen LogP contribution in [0.15, 0.2) is 0 Å². The second-order valence-corrected chi connectivity index (χ2v) is 2.45. The summed E-state index contributed by atoms with van der Waals surface area (Å²) in [4.78, 5) is 0. The Balaban J connectivity index is 2.86. The quantitative estimate of drug-likeness (QED) is 0.489. The van der Waals surface area contributed by atoms with Crippen molar-refractivity contribution in [2.45, 2.75) is 45.8 Å². The van der Waals surface area contributed by atoms with E-state index in [4.69, 9.17) is 0 Å². The van der Waals surface area contributed by atoms with Gasteiger partial charge in [-0.1, -0.05) is 45.8 Å².